The van der Waals surface area contributed by atoms with Crippen LogP contribution in [0, 0.1) is 0 Å². The molecular weight excluding hydrogens is 326 g/mol. The van der Waals surface area contributed by atoms with Gasteiger partial charge in [0.1, 0.15) is 6.61 Å². The highest BCUT2D eigenvalue weighted by Crippen LogP contribution is 2.26. The molecule has 1 aliphatic heterocycles. The number of nitrogens with zero attached hydrogens (tertiary/aromatic N) is 2. The molecule has 1 aromatic carbocycles. The van der Waals surface area contributed by atoms with E-state index >= 15 is 0 Å². The Morgan fingerprint density at radius 2 is 2.04 bits per heavy atom. The number of benzene rings is 1. The Morgan fingerprint density at radius 3 is 2.65 bits per heavy atom. The molecule has 0 aliphatic carbocycles. The molecule has 0 atom stereocenters. The summed E-state index contributed by atoms with van der Waals surface area (Å²) in [5.74, 6) is 0.670. The number of nitrogens with one attached hydrogen (secondary N) is 1. The van der Waals surface area contributed by atoms with Crippen molar-refractivity contribution in [2.45, 2.75) is 45.6 Å². The molecule has 1 fully saturated rings. The standard InChI is InChI=1S/C21H27N3O2/c1-5-6-12-18-17(13-14-19-23(4)21(2,3)15-26-19)20(25)24(22-18)16-10-8-7-9-11-16/h7-11,13,22H,5-6,12,15H2,1-4H3. The van der Waals surface area contributed by atoms with Gasteiger partial charge in [-0.3, -0.25) is 9.89 Å². The van der Waals surface area contributed by atoms with Crippen LogP contribution >= 0.6 is 0 Å². The van der Waals surface area contributed by atoms with Gasteiger partial charge in [-0.25, -0.2) is 4.68 Å². The summed E-state index contributed by atoms with van der Waals surface area (Å²) in [7, 11) is 1.99. The average molecular weight is 353 g/mol. The van der Waals surface area contributed by atoms with Gasteiger partial charge in [-0.1, -0.05) is 37.3 Å². The fraction of sp³-hybridized carbons (Fsp3) is 0.429. The van der Waals surface area contributed by atoms with E-state index in [1.807, 2.05) is 37.4 Å². The van der Waals surface area contributed by atoms with Gasteiger partial charge in [0.05, 0.1) is 16.8 Å². The van der Waals surface area contributed by atoms with E-state index in [1.54, 1.807) is 10.8 Å². The van der Waals surface area contributed by atoms with Crippen molar-refractivity contribution in [2.24, 2.45) is 0 Å². The summed E-state index contributed by atoms with van der Waals surface area (Å²) in [5.41, 5.74) is 5.48. The lowest BCUT2D eigenvalue weighted by Crippen LogP contribution is -2.35. The van der Waals surface area contributed by atoms with Crippen LogP contribution in [0.1, 0.15) is 44.9 Å². The summed E-state index contributed by atoms with van der Waals surface area (Å²) in [6.45, 7) is 7.00. The molecule has 0 unspecified atom stereocenters. The number of likely N-dealkylation sites (N-methyl/N-ethyl adjacent to an activating group) is 1. The summed E-state index contributed by atoms with van der Waals surface area (Å²) in [4.78, 5) is 15.0. The van der Waals surface area contributed by atoms with Crippen LogP contribution in [-0.2, 0) is 11.2 Å². The van der Waals surface area contributed by atoms with Crippen LogP contribution in [0.3, 0.4) is 0 Å². The Morgan fingerprint density at radius 1 is 1.31 bits per heavy atom. The second-order valence-electron chi connectivity index (χ2n) is 7.34. The fourth-order valence-electron chi connectivity index (χ4n) is 2.93. The third-order valence-electron chi connectivity index (χ3n) is 4.91. The minimum absolute atomic E-state index is 0.0599. The van der Waals surface area contributed by atoms with Crippen molar-refractivity contribution in [3.63, 3.8) is 0 Å². The zero-order chi connectivity index (χ0) is 18.7. The molecule has 1 N–H and O–H groups in total. The lowest BCUT2D eigenvalue weighted by Gasteiger charge is -2.24. The molecule has 0 radical (unpaired) electrons. The summed E-state index contributed by atoms with van der Waals surface area (Å²) in [6, 6.07) is 9.63. The average Bonchev–Trinajstić information content (AvgIpc) is 3.09. The first-order valence-corrected chi connectivity index (χ1v) is 9.16. The molecule has 0 bridgehead atoms. The Bertz CT molecular complexity index is 884. The van der Waals surface area contributed by atoms with E-state index in [9.17, 15) is 4.79 Å². The zero-order valence-corrected chi connectivity index (χ0v) is 16.0. The van der Waals surface area contributed by atoms with Crippen LogP contribution in [0.2, 0.25) is 0 Å². The third-order valence-corrected chi connectivity index (χ3v) is 4.91. The highest BCUT2D eigenvalue weighted by molar-refractivity contribution is 5.52. The SMILES string of the molecule is CCCCc1[nH]n(-c2ccccc2)c(=O)c1C=C=C1OCC(C)(C)N1C. The van der Waals surface area contributed by atoms with Crippen molar-refractivity contribution in [1.82, 2.24) is 14.7 Å². The molecule has 0 saturated carbocycles. The number of rotatable bonds is 5. The summed E-state index contributed by atoms with van der Waals surface area (Å²) >= 11 is 0. The maximum Gasteiger partial charge on any atom is 0.279 e. The topological polar surface area (TPSA) is 50.3 Å². The van der Waals surface area contributed by atoms with Crippen LogP contribution in [0.4, 0.5) is 0 Å². The molecule has 2 aromatic rings. The Balaban J connectivity index is 2.04. The number of hydrogen-bond donors (Lipinski definition) is 1. The number of para-hydroxylation sites is 1. The van der Waals surface area contributed by atoms with Gasteiger partial charge >= 0.3 is 0 Å². The first-order chi connectivity index (χ1) is 12.4. The van der Waals surface area contributed by atoms with Crippen molar-refractivity contribution >= 4 is 6.08 Å². The van der Waals surface area contributed by atoms with Gasteiger partial charge < -0.3 is 9.64 Å². The number of hydrogen-bond acceptors (Lipinski definition) is 3. The lowest BCUT2D eigenvalue weighted by atomic mass is 10.1. The molecule has 1 saturated heterocycles. The number of aromatic amines is 1. The van der Waals surface area contributed by atoms with Crippen molar-refractivity contribution in [3.8, 4) is 5.69 Å². The van der Waals surface area contributed by atoms with E-state index in [0.717, 1.165) is 30.6 Å². The predicted octanol–water partition coefficient (Wildman–Crippen LogP) is 3.70. The maximum absolute atomic E-state index is 13.0. The molecule has 0 spiro atoms. The van der Waals surface area contributed by atoms with E-state index in [4.69, 9.17) is 4.74 Å². The van der Waals surface area contributed by atoms with Crippen molar-refractivity contribution in [1.29, 1.82) is 0 Å². The van der Waals surface area contributed by atoms with E-state index in [-0.39, 0.29) is 11.1 Å². The summed E-state index contributed by atoms with van der Waals surface area (Å²) < 4.78 is 7.34. The molecule has 1 aliphatic rings. The first-order valence-electron chi connectivity index (χ1n) is 9.16. The maximum atomic E-state index is 13.0. The van der Waals surface area contributed by atoms with Gasteiger partial charge in [-0.15, -0.1) is 0 Å². The van der Waals surface area contributed by atoms with Gasteiger partial charge in [-0.05, 0) is 38.8 Å². The van der Waals surface area contributed by atoms with Gasteiger partial charge in [0, 0.05) is 18.8 Å². The minimum atomic E-state index is -0.0659. The van der Waals surface area contributed by atoms with Gasteiger partial charge in [0.15, 0.2) is 0 Å². The fourth-order valence-corrected chi connectivity index (χ4v) is 2.93. The molecule has 5 nitrogen and oxygen atoms in total. The van der Waals surface area contributed by atoms with Crippen LogP contribution in [0.25, 0.3) is 11.8 Å². The molecule has 1 aromatic heterocycles. The first kappa shape index (κ1) is 18.2. The Labute approximate surface area is 154 Å². The Hall–Kier alpha value is -2.65. The highest BCUT2D eigenvalue weighted by atomic mass is 16.5. The number of H-pyrrole nitrogens is 1. The number of unbranched alkanes of at least 4 members (excludes halogenated alkanes) is 1. The number of ether oxygens (including phenoxy) is 1. The largest absolute Gasteiger partial charge is 0.471 e. The minimum Gasteiger partial charge on any atom is -0.471 e. The third kappa shape index (κ3) is 3.49. The lowest BCUT2D eigenvalue weighted by molar-refractivity contribution is 0.237. The van der Waals surface area contributed by atoms with Crippen LogP contribution in [0.5, 0.6) is 0 Å². The Kier molecular flexibility index (Phi) is 5.10. The molecule has 0 amide bonds. The van der Waals surface area contributed by atoms with E-state index in [1.165, 1.54) is 0 Å². The second kappa shape index (κ2) is 7.30. The van der Waals surface area contributed by atoms with E-state index in [2.05, 4.69) is 36.5 Å². The summed E-state index contributed by atoms with van der Waals surface area (Å²) in [6.07, 6.45) is 4.69. The van der Waals surface area contributed by atoms with Crippen LogP contribution in [0.15, 0.2) is 46.7 Å². The molecule has 5 heteroatoms. The van der Waals surface area contributed by atoms with Crippen molar-refractivity contribution in [2.75, 3.05) is 13.7 Å². The number of aromatic nitrogens is 2. The van der Waals surface area contributed by atoms with Crippen LogP contribution < -0.4 is 5.56 Å². The van der Waals surface area contributed by atoms with Crippen molar-refractivity contribution in [3.05, 3.63) is 63.6 Å². The van der Waals surface area contributed by atoms with E-state index < -0.39 is 0 Å². The van der Waals surface area contributed by atoms with Crippen LogP contribution in [-0.4, -0.2) is 33.9 Å². The normalized spacial score (nSPS) is 15.7. The zero-order valence-electron chi connectivity index (χ0n) is 16.0. The van der Waals surface area contributed by atoms with Crippen molar-refractivity contribution < 1.29 is 4.74 Å². The van der Waals surface area contributed by atoms with E-state index in [0.29, 0.717) is 18.1 Å². The highest BCUT2D eigenvalue weighted by Gasteiger charge is 2.33. The van der Waals surface area contributed by atoms with Gasteiger partial charge in [0.2, 0.25) is 5.88 Å². The molecule has 2 heterocycles. The quantitative estimate of drug-likeness (QED) is 0.834. The molecule has 138 valence electrons. The van der Waals surface area contributed by atoms with Gasteiger partial charge in [0.25, 0.3) is 5.56 Å². The second-order valence-corrected chi connectivity index (χ2v) is 7.34. The van der Waals surface area contributed by atoms with Gasteiger partial charge in [-0.2, -0.15) is 0 Å². The monoisotopic (exact) mass is 353 g/mol. The summed E-state index contributed by atoms with van der Waals surface area (Å²) in [5, 5.41) is 3.27. The molecule has 26 heavy (non-hydrogen) atoms. The smallest absolute Gasteiger partial charge is 0.279 e. The molecular formula is C21H27N3O2. The molecule has 3 rings (SSSR count). The predicted molar refractivity (Wildman–Crippen MR) is 104 cm³/mol. The number of aryl methyl sites for hydroxylation is 1.